The molecule has 0 spiro atoms. The Hall–Kier alpha value is -1.78. The molecule has 2 aromatic rings. The number of rotatable bonds is 5. The highest BCUT2D eigenvalue weighted by molar-refractivity contribution is 6.31. The van der Waals surface area contributed by atoms with E-state index in [-0.39, 0.29) is 0 Å². The topological polar surface area (TPSA) is 9.72 Å². The van der Waals surface area contributed by atoms with Crippen LogP contribution in [-0.4, -0.2) is 56.4 Å². The first kappa shape index (κ1) is 20.8. The van der Waals surface area contributed by atoms with E-state index in [1.807, 2.05) is 6.07 Å². The smallest absolute Gasteiger partial charge is 0.112 e. The summed E-state index contributed by atoms with van der Waals surface area (Å²) in [5.41, 5.74) is 4.65. The summed E-state index contributed by atoms with van der Waals surface area (Å²) in [4.78, 5) is 7.54. The molecule has 0 radical (unpaired) electrons. The first-order valence-corrected chi connectivity index (χ1v) is 12.7. The molecule has 2 bridgehead atoms. The van der Waals surface area contributed by atoms with Gasteiger partial charge < -0.3 is 9.80 Å². The highest BCUT2D eigenvalue weighted by Crippen LogP contribution is 2.69. The molecule has 0 atom stereocenters. The Kier molecular flexibility index (Phi) is 5.15. The third-order valence-corrected chi connectivity index (χ3v) is 8.44. The van der Waals surface area contributed by atoms with Gasteiger partial charge in [0.2, 0.25) is 0 Å². The molecule has 7 rings (SSSR count). The van der Waals surface area contributed by atoms with Gasteiger partial charge >= 0.3 is 0 Å². The lowest BCUT2D eigenvalue weighted by molar-refractivity contribution is -0.221. The average Bonchev–Trinajstić information content (AvgIpc) is 2.79. The summed E-state index contributed by atoms with van der Waals surface area (Å²) in [6.45, 7) is 7.60. The van der Waals surface area contributed by atoms with Crippen molar-refractivity contribution in [2.24, 2.45) is 5.41 Å². The van der Waals surface area contributed by atoms with E-state index >= 15 is 0 Å². The first-order valence-electron chi connectivity index (χ1n) is 12.3. The molecule has 2 heterocycles. The molecule has 2 aliphatic heterocycles. The molecular weight excluding hydrogens is 421 g/mol. The van der Waals surface area contributed by atoms with E-state index in [0.29, 0.717) is 5.41 Å². The lowest BCUT2D eigenvalue weighted by Crippen LogP contribution is -2.68. The van der Waals surface area contributed by atoms with E-state index in [0.717, 1.165) is 70.1 Å². The van der Waals surface area contributed by atoms with Crippen LogP contribution in [-0.2, 0) is 0 Å². The van der Waals surface area contributed by atoms with E-state index in [1.54, 1.807) is 0 Å². The zero-order valence-electron chi connectivity index (χ0n) is 18.8. The highest BCUT2D eigenvalue weighted by Gasteiger charge is 2.69. The maximum Gasteiger partial charge on any atom is 0.112 e. The summed E-state index contributed by atoms with van der Waals surface area (Å²) < 4.78 is 13.8. The van der Waals surface area contributed by atoms with E-state index in [9.17, 15) is 4.39 Å². The molecule has 0 aromatic heterocycles. The van der Waals surface area contributed by atoms with Crippen molar-refractivity contribution in [1.82, 2.24) is 4.90 Å². The van der Waals surface area contributed by atoms with Crippen molar-refractivity contribution >= 4 is 23.0 Å². The van der Waals surface area contributed by atoms with Crippen LogP contribution in [0.1, 0.15) is 38.5 Å². The Morgan fingerprint density at radius 3 is 2.12 bits per heavy atom. The van der Waals surface area contributed by atoms with E-state index in [2.05, 4.69) is 51.1 Å². The van der Waals surface area contributed by atoms with Gasteiger partial charge in [-0.2, -0.15) is 0 Å². The van der Waals surface area contributed by atoms with Gasteiger partial charge in [-0.05, 0) is 73.8 Å². The molecule has 5 aliphatic rings. The summed E-state index contributed by atoms with van der Waals surface area (Å²) in [5, 5.41) is 0.810. The Balaban J connectivity index is 1.12. The predicted molar refractivity (Wildman–Crippen MR) is 132 cm³/mol. The van der Waals surface area contributed by atoms with Crippen molar-refractivity contribution in [3.63, 3.8) is 0 Å². The molecule has 3 nitrogen and oxygen atoms in total. The fourth-order valence-electron chi connectivity index (χ4n) is 6.66. The maximum absolute atomic E-state index is 13.8. The molecule has 3 saturated carbocycles. The van der Waals surface area contributed by atoms with Crippen LogP contribution in [0.15, 0.2) is 42.5 Å². The second-order valence-corrected chi connectivity index (χ2v) is 11.1. The Bertz CT molecular complexity index is 957. The van der Waals surface area contributed by atoms with Crippen LogP contribution in [0.25, 0.3) is 11.1 Å². The minimum absolute atomic E-state index is 0.323. The Morgan fingerprint density at radius 2 is 1.47 bits per heavy atom. The van der Waals surface area contributed by atoms with Crippen LogP contribution in [0.5, 0.6) is 0 Å². The molecule has 32 heavy (non-hydrogen) atoms. The van der Waals surface area contributed by atoms with Gasteiger partial charge in [0.15, 0.2) is 0 Å². The van der Waals surface area contributed by atoms with Crippen molar-refractivity contribution in [2.45, 2.75) is 44.2 Å². The fraction of sp³-hybridized carbons (Fsp3) is 0.556. The van der Waals surface area contributed by atoms with Gasteiger partial charge in [0.25, 0.3) is 0 Å². The van der Waals surface area contributed by atoms with Crippen molar-refractivity contribution in [1.29, 1.82) is 0 Å². The normalized spacial score (nSPS) is 30.1. The van der Waals surface area contributed by atoms with Crippen LogP contribution in [0.4, 0.5) is 15.8 Å². The number of halogens is 2. The summed E-state index contributed by atoms with van der Waals surface area (Å²) in [5.74, 6) is 0. The van der Waals surface area contributed by atoms with Crippen molar-refractivity contribution in [2.75, 3.05) is 55.6 Å². The second kappa shape index (κ2) is 7.92. The molecule has 170 valence electrons. The van der Waals surface area contributed by atoms with Gasteiger partial charge in [0, 0.05) is 67.8 Å². The molecule has 2 saturated heterocycles. The quantitative estimate of drug-likeness (QED) is 0.548. The standard InChI is InChI=1S/C27H33ClFN3/c28-22-6-9-24(25(16-22)32-10-2-1-3-11-32)21-4-7-23(8-5-21)31-14-12-30(13-15-31)20-26-17-27(29,18-26)19-26/h4-9,16H,1-3,10-15,17-20H2. The van der Waals surface area contributed by atoms with Crippen LogP contribution < -0.4 is 9.80 Å². The number of benzene rings is 2. The second-order valence-electron chi connectivity index (χ2n) is 10.7. The van der Waals surface area contributed by atoms with Crippen LogP contribution in [0.2, 0.25) is 5.02 Å². The highest BCUT2D eigenvalue weighted by atomic mass is 35.5. The summed E-state index contributed by atoms with van der Waals surface area (Å²) >= 11 is 6.37. The summed E-state index contributed by atoms with van der Waals surface area (Å²) in [7, 11) is 0. The number of piperidine rings is 1. The number of hydrogen-bond donors (Lipinski definition) is 0. The van der Waals surface area contributed by atoms with Gasteiger partial charge in [0.05, 0.1) is 0 Å². The van der Waals surface area contributed by atoms with Crippen LogP contribution in [0.3, 0.4) is 0 Å². The molecular formula is C27H33ClFN3. The first-order chi connectivity index (χ1) is 15.5. The van der Waals surface area contributed by atoms with E-state index < -0.39 is 5.67 Å². The van der Waals surface area contributed by atoms with Crippen LogP contribution in [0, 0.1) is 5.41 Å². The molecule has 0 N–H and O–H groups in total. The maximum atomic E-state index is 13.8. The minimum Gasteiger partial charge on any atom is -0.371 e. The fourth-order valence-corrected chi connectivity index (χ4v) is 6.83. The van der Waals surface area contributed by atoms with E-state index in [1.165, 1.54) is 41.8 Å². The van der Waals surface area contributed by atoms with Crippen LogP contribution >= 0.6 is 11.6 Å². The number of alkyl halides is 1. The predicted octanol–water partition coefficient (Wildman–Crippen LogP) is 6.01. The number of nitrogens with zero attached hydrogens (tertiary/aromatic N) is 3. The van der Waals surface area contributed by atoms with Crippen molar-refractivity contribution < 1.29 is 4.39 Å². The molecule has 3 aliphatic carbocycles. The van der Waals surface area contributed by atoms with Gasteiger partial charge in [-0.3, -0.25) is 4.90 Å². The summed E-state index contributed by atoms with van der Waals surface area (Å²) in [6, 6.07) is 15.4. The van der Waals surface area contributed by atoms with Crippen molar-refractivity contribution in [3.05, 3.63) is 47.5 Å². The Morgan fingerprint density at radius 1 is 0.781 bits per heavy atom. The molecule has 5 heteroatoms. The zero-order chi connectivity index (χ0) is 21.8. The number of hydrogen-bond acceptors (Lipinski definition) is 3. The largest absolute Gasteiger partial charge is 0.371 e. The zero-order valence-corrected chi connectivity index (χ0v) is 19.6. The molecule has 0 amide bonds. The molecule has 5 fully saturated rings. The van der Waals surface area contributed by atoms with Gasteiger partial charge in [-0.15, -0.1) is 0 Å². The van der Waals surface area contributed by atoms with Gasteiger partial charge in [0.1, 0.15) is 5.67 Å². The third kappa shape index (κ3) is 3.80. The Labute approximate surface area is 196 Å². The molecule has 0 unspecified atom stereocenters. The lowest BCUT2D eigenvalue weighted by atomic mass is 9.42. The summed E-state index contributed by atoms with van der Waals surface area (Å²) in [6.07, 6.45) is 6.27. The van der Waals surface area contributed by atoms with E-state index in [4.69, 9.17) is 11.6 Å². The third-order valence-electron chi connectivity index (χ3n) is 8.21. The molecule has 2 aromatic carbocycles. The monoisotopic (exact) mass is 453 g/mol. The lowest BCUT2D eigenvalue weighted by Gasteiger charge is -2.67. The van der Waals surface area contributed by atoms with Crippen molar-refractivity contribution in [3.8, 4) is 11.1 Å². The minimum atomic E-state index is -0.776. The number of anilines is 2. The number of piperazine rings is 1. The van der Waals surface area contributed by atoms with Gasteiger partial charge in [-0.1, -0.05) is 29.8 Å². The average molecular weight is 454 g/mol. The van der Waals surface area contributed by atoms with Gasteiger partial charge in [-0.25, -0.2) is 4.39 Å². The SMILES string of the molecule is FC12CC(CN3CCN(c4ccc(-c5ccc(Cl)cc5N5CCCCC5)cc4)CC3)(C1)C2.